The van der Waals surface area contributed by atoms with Crippen molar-refractivity contribution in [1.82, 2.24) is 9.62 Å². The lowest BCUT2D eigenvalue weighted by molar-refractivity contribution is -0.0242. The molecule has 130 valence electrons. The second-order valence-electron chi connectivity index (χ2n) is 5.82. The van der Waals surface area contributed by atoms with Crippen molar-refractivity contribution in [3.8, 4) is 0 Å². The molecule has 0 aromatic carbocycles. The molecular weight excluding hydrogens is 376 g/mol. The van der Waals surface area contributed by atoms with E-state index in [4.69, 9.17) is 16.3 Å². The maximum absolute atomic E-state index is 12.5. The standard InChI is InChI=1S/C14H21ClN2O3S3/c15-12-1-2-13(22-12)23(18,19)16-11-14(3-9-21-10-4-14)17-5-7-20-8-6-17/h1-2,16H,3-11H2. The number of thioether (sulfide) groups is 1. The lowest BCUT2D eigenvalue weighted by atomic mass is 9.89. The fourth-order valence-corrected chi connectivity index (χ4v) is 7.04. The lowest BCUT2D eigenvalue weighted by Crippen LogP contribution is -2.60. The first-order chi connectivity index (χ1) is 11.0. The highest BCUT2D eigenvalue weighted by atomic mass is 35.5. The Bertz CT molecular complexity index is 623. The number of sulfonamides is 1. The number of hydrogen-bond acceptors (Lipinski definition) is 6. The predicted octanol–water partition coefficient (Wildman–Crippen LogP) is 2.28. The monoisotopic (exact) mass is 396 g/mol. The van der Waals surface area contributed by atoms with Gasteiger partial charge >= 0.3 is 0 Å². The molecule has 0 atom stereocenters. The number of thiophene rings is 1. The highest BCUT2D eigenvalue weighted by Gasteiger charge is 2.39. The number of nitrogens with zero attached hydrogens (tertiary/aromatic N) is 1. The van der Waals surface area contributed by atoms with Crippen molar-refractivity contribution in [3.05, 3.63) is 16.5 Å². The summed E-state index contributed by atoms with van der Waals surface area (Å²) in [4.78, 5) is 2.42. The molecule has 0 radical (unpaired) electrons. The molecule has 2 aliphatic heterocycles. The first-order valence-electron chi connectivity index (χ1n) is 7.67. The molecule has 2 fully saturated rings. The van der Waals surface area contributed by atoms with Gasteiger partial charge in [0.05, 0.1) is 17.6 Å². The number of morpholine rings is 1. The first-order valence-corrected chi connectivity index (χ1v) is 11.5. The van der Waals surface area contributed by atoms with Gasteiger partial charge < -0.3 is 4.74 Å². The number of hydrogen-bond donors (Lipinski definition) is 1. The fraction of sp³-hybridized carbons (Fsp3) is 0.714. The van der Waals surface area contributed by atoms with E-state index in [2.05, 4.69) is 9.62 Å². The molecule has 3 heterocycles. The Balaban J connectivity index is 1.73. The van der Waals surface area contributed by atoms with E-state index < -0.39 is 10.0 Å². The Labute approximate surface area is 150 Å². The van der Waals surface area contributed by atoms with Gasteiger partial charge in [-0.2, -0.15) is 11.8 Å². The summed E-state index contributed by atoms with van der Waals surface area (Å²) >= 11 is 8.90. The van der Waals surface area contributed by atoms with Crippen molar-refractivity contribution >= 4 is 44.7 Å². The van der Waals surface area contributed by atoms with Crippen molar-refractivity contribution in [3.63, 3.8) is 0 Å². The summed E-state index contributed by atoms with van der Waals surface area (Å²) in [5.74, 6) is 2.15. The van der Waals surface area contributed by atoms with Gasteiger partial charge in [0.15, 0.2) is 0 Å². The van der Waals surface area contributed by atoms with Gasteiger partial charge in [-0.05, 0) is 36.5 Å². The minimum Gasteiger partial charge on any atom is -0.379 e. The Kier molecular flexibility index (Phi) is 5.94. The third kappa shape index (κ3) is 4.23. The molecule has 0 bridgehead atoms. The Morgan fingerprint density at radius 1 is 1.26 bits per heavy atom. The van der Waals surface area contributed by atoms with Crippen molar-refractivity contribution in [1.29, 1.82) is 0 Å². The topological polar surface area (TPSA) is 58.6 Å². The maximum Gasteiger partial charge on any atom is 0.250 e. The molecule has 0 aliphatic carbocycles. The van der Waals surface area contributed by atoms with Crippen LogP contribution in [0.25, 0.3) is 0 Å². The van der Waals surface area contributed by atoms with Crippen LogP contribution in [0.1, 0.15) is 12.8 Å². The zero-order valence-corrected chi connectivity index (χ0v) is 16.0. The van der Waals surface area contributed by atoms with Gasteiger partial charge in [-0.15, -0.1) is 11.3 Å². The van der Waals surface area contributed by atoms with Crippen molar-refractivity contribution < 1.29 is 13.2 Å². The summed E-state index contributed by atoms with van der Waals surface area (Å²) in [5.41, 5.74) is -0.0941. The van der Waals surface area contributed by atoms with E-state index in [0.29, 0.717) is 10.9 Å². The van der Waals surface area contributed by atoms with Gasteiger partial charge in [0.2, 0.25) is 10.0 Å². The van der Waals surface area contributed by atoms with Crippen LogP contribution in [0.4, 0.5) is 0 Å². The van der Waals surface area contributed by atoms with Gasteiger partial charge in [-0.3, -0.25) is 4.90 Å². The van der Waals surface area contributed by atoms with Crippen LogP contribution in [0, 0.1) is 0 Å². The molecule has 1 aromatic rings. The quantitative estimate of drug-likeness (QED) is 0.827. The zero-order valence-electron chi connectivity index (χ0n) is 12.8. The van der Waals surface area contributed by atoms with Crippen LogP contribution in [-0.2, 0) is 14.8 Å². The van der Waals surface area contributed by atoms with Crippen LogP contribution < -0.4 is 4.72 Å². The van der Waals surface area contributed by atoms with Crippen LogP contribution in [0.15, 0.2) is 16.3 Å². The van der Waals surface area contributed by atoms with Crippen molar-refractivity contribution in [2.45, 2.75) is 22.6 Å². The summed E-state index contributed by atoms with van der Waals surface area (Å²) in [6.45, 7) is 3.64. The smallest absolute Gasteiger partial charge is 0.250 e. The molecule has 0 saturated carbocycles. The second-order valence-corrected chi connectivity index (χ2v) is 10.8. The molecule has 9 heteroatoms. The fourth-order valence-electron chi connectivity index (χ4n) is 3.14. The molecule has 1 aromatic heterocycles. The Morgan fingerprint density at radius 3 is 2.57 bits per heavy atom. The molecule has 0 spiro atoms. The largest absolute Gasteiger partial charge is 0.379 e. The summed E-state index contributed by atoms with van der Waals surface area (Å²) in [7, 11) is -3.50. The molecule has 3 rings (SSSR count). The minimum absolute atomic E-state index is 0.0941. The third-order valence-electron chi connectivity index (χ3n) is 4.51. The maximum atomic E-state index is 12.5. The van der Waals surface area contributed by atoms with Crippen LogP contribution >= 0.6 is 34.7 Å². The van der Waals surface area contributed by atoms with E-state index in [9.17, 15) is 8.42 Å². The van der Waals surface area contributed by atoms with E-state index >= 15 is 0 Å². The third-order valence-corrected chi connectivity index (χ3v) is 8.62. The normalized spacial score (nSPS) is 23.0. The van der Waals surface area contributed by atoms with Gasteiger partial charge in [0.25, 0.3) is 0 Å². The summed E-state index contributed by atoms with van der Waals surface area (Å²) in [5, 5.41) is 0. The molecule has 2 aliphatic rings. The highest BCUT2D eigenvalue weighted by molar-refractivity contribution is 7.99. The number of nitrogens with one attached hydrogen (secondary N) is 1. The van der Waals surface area contributed by atoms with Gasteiger partial charge in [0, 0.05) is 25.2 Å². The van der Waals surface area contributed by atoms with Crippen LogP contribution in [-0.4, -0.2) is 63.2 Å². The Hall–Kier alpha value is 0.170. The predicted molar refractivity (Wildman–Crippen MR) is 96.2 cm³/mol. The molecule has 2 saturated heterocycles. The summed E-state index contributed by atoms with van der Waals surface area (Å²) in [6, 6.07) is 3.18. The second kappa shape index (κ2) is 7.59. The van der Waals surface area contributed by atoms with E-state index in [0.717, 1.165) is 62.0 Å². The van der Waals surface area contributed by atoms with Crippen molar-refractivity contribution in [2.24, 2.45) is 0 Å². The number of rotatable bonds is 5. The molecule has 5 nitrogen and oxygen atoms in total. The molecular formula is C14H21ClN2O3S3. The van der Waals surface area contributed by atoms with Crippen LogP contribution in [0.3, 0.4) is 0 Å². The van der Waals surface area contributed by atoms with Crippen LogP contribution in [0.2, 0.25) is 4.34 Å². The average Bonchev–Trinajstić information content (AvgIpc) is 3.02. The molecule has 0 unspecified atom stereocenters. The summed E-state index contributed by atoms with van der Waals surface area (Å²) < 4.78 is 34.1. The molecule has 23 heavy (non-hydrogen) atoms. The highest BCUT2D eigenvalue weighted by Crippen LogP contribution is 2.33. The van der Waals surface area contributed by atoms with E-state index in [-0.39, 0.29) is 9.75 Å². The molecule has 0 amide bonds. The van der Waals surface area contributed by atoms with Gasteiger partial charge in [-0.1, -0.05) is 11.6 Å². The number of halogens is 1. The first kappa shape index (κ1) is 18.0. The Morgan fingerprint density at radius 2 is 1.96 bits per heavy atom. The summed E-state index contributed by atoms with van der Waals surface area (Å²) in [6.07, 6.45) is 2.01. The van der Waals surface area contributed by atoms with E-state index in [1.807, 2.05) is 11.8 Å². The lowest BCUT2D eigenvalue weighted by Gasteiger charge is -2.47. The van der Waals surface area contributed by atoms with Gasteiger partial charge in [-0.25, -0.2) is 13.1 Å². The van der Waals surface area contributed by atoms with E-state index in [1.165, 1.54) is 0 Å². The SMILES string of the molecule is O=S(=O)(NCC1(N2CCOCC2)CCSCC1)c1ccc(Cl)s1. The van der Waals surface area contributed by atoms with E-state index in [1.54, 1.807) is 12.1 Å². The van der Waals surface area contributed by atoms with Crippen LogP contribution in [0.5, 0.6) is 0 Å². The zero-order chi connectivity index (χ0) is 16.3. The average molecular weight is 397 g/mol. The molecule has 1 N–H and O–H groups in total. The minimum atomic E-state index is -3.50. The van der Waals surface area contributed by atoms with Gasteiger partial charge in [0.1, 0.15) is 4.21 Å². The van der Waals surface area contributed by atoms with Crippen molar-refractivity contribution in [2.75, 3.05) is 44.4 Å². The number of ether oxygens (including phenoxy) is 1.